The molecule has 1 aliphatic carbocycles. The van der Waals surface area contributed by atoms with E-state index in [1.807, 2.05) is 0 Å². The summed E-state index contributed by atoms with van der Waals surface area (Å²) in [7, 11) is 0. The van der Waals surface area contributed by atoms with Crippen LogP contribution in [0.15, 0.2) is 24.5 Å². The number of pyridine rings is 1. The number of nitrogens with zero attached hydrogens (tertiary/aromatic N) is 3. The topological polar surface area (TPSA) is 108 Å². The maximum absolute atomic E-state index is 13.8. The lowest BCUT2D eigenvalue weighted by Gasteiger charge is -2.17. The Morgan fingerprint density at radius 3 is 2.70 bits per heavy atom. The van der Waals surface area contributed by atoms with Gasteiger partial charge >= 0.3 is 6.18 Å². The van der Waals surface area contributed by atoms with E-state index in [9.17, 15) is 18.0 Å². The summed E-state index contributed by atoms with van der Waals surface area (Å²) >= 11 is 0. The molecule has 0 aromatic carbocycles. The zero-order valence-corrected chi connectivity index (χ0v) is 17.8. The van der Waals surface area contributed by atoms with E-state index in [1.54, 1.807) is 6.07 Å². The first-order valence-corrected chi connectivity index (χ1v) is 11.1. The Morgan fingerprint density at radius 2 is 1.85 bits per heavy atom. The first kappa shape index (κ1) is 21.6. The highest BCUT2D eigenvalue weighted by atomic mass is 19.4. The van der Waals surface area contributed by atoms with Crippen LogP contribution in [0.3, 0.4) is 0 Å². The van der Waals surface area contributed by atoms with Crippen LogP contribution in [0, 0.1) is 0 Å². The van der Waals surface area contributed by atoms with Gasteiger partial charge in [-0.25, -0.2) is 15.0 Å². The van der Waals surface area contributed by atoms with Gasteiger partial charge in [-0.2, -0.15) is 13.2 Å². The average Bonchev–Trinajstić information content (AvgIpc) is 3.40. The minimum atomic E-state index is -4.62. The van der Waals surface area contributed by atoms with E-state index >= 15 is 0 Å². The van der Waals surface area contributed by atoms with Gasteiger partial charge in [-0.3, -0.25) is 4.79 Å². The summed E-state index contributed by atoms with van der Waals surface area (Å²) in [5, 5.41) is 10.0. The number of hydrogen-bond acceptors (Lipinski definition) is 6. The fourth-order valence-corrected chi connectivity index (χ4v) is 4.52. The molecule has 3 aliphatic rings. The number of anilines is 1. The van der Waals surface area contributed by atoms with Crippen LogP contribution in [0.1, 0.15) is 48.2 Å². The molecule has 5 heterocycles. The van der Waals surface area contributed by atoms with Gasteiger partial charge in [-0.1, -0.05) is 0 Å². The number of alkyl halides is 3. The number of fused-ring (bicyclic) bond motifs is 7. The summed E-state index contributed by atoms with van der Waals surface area (Å²) in [4.78, 5) is 27.9. The van der Waals surface area contributed by atoms with Gasteiger partial charge in [0.25, 0.3) is 5.91 Å². The first-order valence-electron chi connectivity index (χ1n) is 11.1. The Hall–Kier alpha value is -3.21. The molecule has 2 aliphatic heterocycles. The third-order valence-corrected chi connectivity index (χ3v) is 6.21. The quantitative estimate of drug-likeness (QED) is 0.410. The number of aromatic amines is 1. The van der Waals surface area contributed by atoms with Crippen molar-refractivity contribution in [3.8, 4) is 11.3 Å². The molecule has 8 nitrogen and oxygen atoms in total. The molecule has 0 spiro atoms. The lowest BCUT2D eigenvalue weighted by Crippen LogP contribution is -2.30. The standard InChI is InChI=1S/C22H24F3N7O/c23-22(24,25)16-11-29-21-30-13-4-3-12(9-13)26-7-1-2-8-27-20(33)17-6-5-14-15(18(16)32-21)10-28-19(14)31-17/h5-6,10-13,26H,1-4,7-9H2,(H,27,33)(H,28,31)(H,29,30,32)/t12-,13-/m0/s1. The van der Waals surface area contributed by atoms with Crippen molar-refractivity contribution in [2.45, 2.75) is 50.4 Å². The summed E-state index contributed by atoms with van der Waals surface area (Å²) < 4.78 is 41.4. The van der Waals surface area contributed by atoms with E-state index in [0.717, 1.165) is 44.8 Å². The van der Waals surface area contributed by atoms with Crippen molar-refractivity contribution in [3.63, 3.8) is 0 Å². The summed E-state index contributed by atoms with van der Waals surface area (Å²) in [5.74, 6) is -0.151. The van der Waals surface area contributed by atoms with Crippen LogP contribution in [-0.2, 0) is 6.18 Å². The largest absolute Gasteiger partial charge is 0.419 e. The Bertz CT molecular complexity index is 1180. The van der Waals surface area contributed by atoms with Crippen molar-refractivity contribution < 1.29 is 18.0 Å². The second-order valence-electron chi connectivity index (χ2n) is 8.52. The van der Waals surface area contributed by atoms with E-state index in [-0.39, 0.29) is 34.8 Å². The predicted octanol–water partition coefficient (Wildman–Crippen LogP) is 3.48. The molecular formula is C22H24F3N7O. The number of H-pyrrole nitrogens is 1. The Kier molecular flexibility index (Phi) is 5.65. The van der Waals surface area contributed by atoms with Gasteiger partial charge < -0.3 is 20.9 Å². The van der Waals surface area contributed by atoms with Crippen molar-refractivity contribution in [1.82, 2.24) is 30.6 Å². The van der Waals surface area contributed by atoms with Gasteiger partial charge in [-0.05, 0) is 50.8 Å². The van der Waals surface area contributed by atoms with Crippen LogP contribution in [0.5, 0.6) is 0 Å². The molecule has 8 bridgehead atoms. The molecule has 3 aromatic heterocycles. The molecule has 1 amide bonds. The molecule has 6 rings (SSSR count). The molecular weight excluding hydrogens is 435 g/mol. The maximum atomic E-state index is 13.8. The average molecular weight is 459 g/mol. The normalized spacial score (nSPS) is 22.0. The summed E-state index contributed by atoms with van der Waals surface area (Å²) in [6.07, 6.45) is 2.10. The Morgan fingerprint density at radius 1 is 1.03 bits per heavy atom. The SMILES string of the molecule is O=C1NCCCCN[C@H]2CC[C@@H](C2)Nc2ncc(C(F)(F)F)c(n2)-c2c[nH]c3nc1ccc23. The number of halogens is 3. The van der Waals surface area contributed by atoms with Crippen LogP contribution in [0.2, 0.25) is 0 Å². The highest BCUT2D eigenvalue weighted by Crippen LogP contribution is 2.38. The van der Waals surface area contributed by atoms with Crippen molar-refractivity contribution in [3.05, 3.63) is 35.8 Å². The van der Waals surface area contributed by atoms with Gasteiger partial charge in [0.05, 0.1) is 5.69 Å². The third-order valence-electron chi connectivity index (χ3n) is 6.21. The number of nitrogens with one attached hydrogen (secondary N) is 4. The van der Waals surface area contributed by atoms with Crippen LogP contribution in [0.25, 0.3) is 22.3 Å². The van der Waals surface area contributed by atoms with Gasteiger partial charge in [0, 0.05) is 42.0 Å². The zero-order chi connectivity index (χ0) is 23.0. The van der Waals surface area contributed by atoms with E-state index in [0.29, 0.717) is 23.6 Å². The lowest BCUT2D eigenvalue weighted by molar-refractivity contribution is -0.137. The molecule has 11 heteroatoms. The molecule has 174 valence electrons. The zero-order valence-electron chi connectivity index (χ0n) is 17.8. The highest BCUT2D eigenvalue weighted by Gasteiger charge is 2.36. The molecule has 0 saturated heterocycles. The molecule has 33 heavy (non-hydrogen) atoms. The van der Waals surface area contributed by atoms with E-state index < -0.39 is 11.7 Å². The highest BCUT2D eigenvalue weighted by molar-refractivity contribution is 5.98. The van der Waals surface area contributed by atoms with Crippen molar-refractivity contribution >= 4 is 22.9 Å². The number of amides is 1. The van der Waals surface area contributed by atoms with E-state index in [4.69, 9.17) is 0 Å². The lowest BCUT2D eigenvalue weighted by atomic mass is 10.1. The minimum Gasteiger partial charge on any atom is -0.351 e. The second-order valence-corrected chi connectivity index (χ2v) is 8.52. The minimum absolute atomic E-state index is 0.0839. The molecule has 2 atom stereocenters. The number of hydrogen-bond donors (Lipinski definition) is 4. The molecule has 0 unspecified atom stereocenters. The monoisotopic (exact) mass is 459 g/mol. The van der Waals surface area contributed by atoms with Gasteiger partial charge in [0.15, 0.2) is 0 Å². The Balaban J connectivity index is 1.58. The molecule has 3 aromatic rings. The van der Waals surface area contributed by atoms with Crippen molar-refractivity contribution in [1.29, 1.82) is 0 Å². The molecule has 1 fully saturated rings. The van der Waals surface area contributed by atoms with Crippen LogP contribution in [-0.4, -0.2) is 51.0 Å². The predicted molar refractivity (Wildman–Crippen MR) is 117 cm³/mol. The van der Waals surface area contributed by atoms with E-state index in [2.05, 4.69) is 35.9 Å². The summed E-state index contributed by atoms with van der Waals surface area (Å²) in [5.41, 5.74) is -0.375. The summed E-state index contributed by atoms with van der Waals surface area (Å²) in [6, 6.07) is 3.52. The van der Waals surface area contributed by atoms with Gasteiger partial charge in [-0.15, -0.1) is 0 Å². The van der Waals surface area contributed by atoms with Crippen molar-refractivity contribution in [2.24, 2.45) is 0 Å². The number of rotatable bonds is 0. The molecule has 4 N–H and O–H groups in total. The van der Waals surface area contributed by atoms with Gasteiger partial charge in [0.1, 0.15) is 16.9 Å². The smallest absolute Gasteiger partial charge is 0.351 e. The van der Waals surface area contributed by atoms with Crippen LogP contribution < -0.4 is 16.0 Å². The fourth-order valence-electron chi connectivity index (χ4n) is 4.52. The molecule has 1 saturated carbocycles. The number of carbonyl (C=O) groups excluding carboxylic acids is 1. The first-order chi connectivity index (χ1) is 15.9. The van der Waals surface area contributed by atoms with Gasteiger partial charge in [0.2, 0.25) is 5.95 Å². The summed E-state index contributed by atoms with van der Waals surface area (Å²) in [6.45, 7) is 1.37. The molecule has 0 radical (unpaired) electrons. The maximum Gasteiger partial charge on any atom is 0.419 e. The second kappa shape index (κ2) is 8.62. The number of aromatic nitrogens is 4. The Labute approximate surface area is 187 Å². The van der Waals surface area contributed by atoms with Crippen LogP contribution in [0.4, 0.5) is 19.1 Å². The van der Waals surface area contributed by atoms with E-state index in [1.165, 1.54) is 12.3 Å². The van der Waals surface area contributed by atoms with Crippen molar-refractivity contribution in [2.75, 3.05) is 18.4 Å². The van der Waals surface area contributed by atoms with Crippen LogP contribution >= 0.6 is 0 Å². The fraction of sp³-hybridized carbons (Fsp3) is 0.455. The third kappa shape index (κ3) is 4.50. The number of carbonyl (C=O) groups is 1.